The van der Waals surface area contributed by atoms with Gasteiger partial charge in [-0.1, -0.05) is 30.3 Å². The van der Waals surface area contributed by atoms with Gasteiger partial charge in [0.15, 0.2) is 0 Å². The lowest BCUT2D eigenvalue weighted by Gasteiger charge is -2.35. The molecule has 2 aromatic rings. The number of ether oxygens (including phenoxy) is 1. The largest absolute Gasteiger partial charge is 0.495 e. The van der Waals surface area contributed by atoms with Gasteiger partial charge < -0.3 is 9.64 Å². The number of benzene rings is 2. The van der Waals surface area contributed by atoms with Crippen molar-refractivity contribution in [3.8, 4) is 5.75 Å². The molecule has 0 saturated carbocycles. The van der Waals surface area contributed by atoms with Crippen molar-refractivity contribution in [1.29, 1.82) is 0 Å². The van der Waals surface area contributed by atoms with Crippen molar-refractivity contribution in [3.05, 3.63) is 59.7 Å². The first-order chi connectivity index (χ1) is 15.0. The van der Waals surface area contributed by atoms with E-state index in [-0.39, 0.29) is 16.6 Å². The monoisotopic (exact) mass is 443 g/mol. The van der Waals surface area contributed by atoms with Crippen molar-refractivity contribution >= 4 is 15.9 Å². The molecule has 4 rings (SSSR count). The summed E-state index contributed by atoms with van der Waals surface area (Å²) in [5.74, 6) is 0.135. The van der Waals surface area contributed by atoms with Gasteiger partial charge in [0.25, 0.3) is 5.91 Å². The topological polar surface area (TPSA) is 70.2 Å². The van der Waals surface area contributed by atoms with Crippen LogP contribution in [0.4, 0.5) is 0 Å². The molecule has 2 aliphatic rings. The summed E-state index contributed by atoms with van der Waals surface area (Å²) in [4.78, 5) is 17.3. The maximum atomic E-state index is 13.1. The second kappa shape index (κ2) is 9.38. The number of hydrogen-bond donors (Lipinski definition) is 0. The van der Waals surface area contributed by atoms with Crippen molar-refractivity contribution in [1.82, 2.24) is 14.1 Å². The van der Waals surface area contributed by atoms with Gasteiger partial charge in [0.2, 0.25) is 10.0 Å². The van der Waals surface area contributed by atoms with Crippen LogP contribution in [0.2, 0.25) is 0 Å². The third-order valence-electron chi connectivity index (χ3n) is 6.00. The molecular formula is C23H29N3O4S. The average Bonchev–Trinajstić information content (AvgIpc) is 3.35. The van der Waals surface area contributed by atoms with Gasteiger partial charge in [0.05, 0.1) is 7.11 Å². The summed E-state index contributed by atoms with van der Waals surface area (Å²) in [6.45, 7) is 4.69. The molecule has 0 spiro atoms. The minimum absolute atomic E-state index is 0.0745. The maximum absolute atomic E-state index is 13.1. The van der Waals surface area contributed by atoms with Crippen LogP contribution in [0.1, 0.15) is 28.8 Å². The van der Waals surface area contributed by atoms with Gasteiger partial charge in [-0.3, -0.25) is 9.69 Å². The van der Waals surface area contributed by atoms with Gasteiger partial charge >= 0.3 is 0 Å². The summed E-state index contributed by atoms with van der Waals surface area (Å²) in [5.41, 5.74) is 1.64. The fourth-order valence-electron chi connectivity index (χ4n) is 4.21. The average molecular weight is 444 g/mol. The molecule has 0 bridgehead atoms. The van der Waals surface area contributed by atoms with E-state index in [4.69, 9.17) is 4.74 Å². The number of methoxy groups -OCH3 is 1. The van der Waals surface area contributed by atoms with Crippen molar-refractivity contribution in [2.24, 2.45) is 0 Å². The lowest BCUT2D eigenvalue weighted by molar-refractivity contribution is 0.0628. The Labute approximate surface area is 184 Å². The molecule has 1 amide bonds. The van der Waals surface area contributed by atoms with Crippen LogP contribution in [0.3, 0.4) is 0 Å². The predicted octanol–water partition coefficient (Wildman–Crippen LogP) is 2.44. The number of sulfonamides is 1. The van der Waals surface area contributed by atoms with Crippen molar-refractivity contribution in [2.75, 3.05) is 46.4 Å². The lowest BCUT2D eigenvalue weighted by atomic mass is 10.1. The van der Waals surface area contributed by atoms with Crippen LogP contribution in [0.5, 0.6) is 5.75 Å². The molecule has 2 aliphatic heterocycles. The number of carbonyl (C=O) groups is 1. The fraction of sp³-hybridized carbons (Fsp3) is 0.435. The zero-order valence-electron chi connectivity index (χ0n) is 17.9. The first kappa shape index (κ1) is 21.8. The standard InChI is InChI=1S/C23H29N3O4S/c1-30-21-10-9-20(17-22(21)31(28,29)26-11-5-6-12-26)23(27)25-15-13-24(14-16-25)18-19-7-3-2-4-8-19/h2-4,7-10,17H,5-6,11-16,18H2,1H3. The molecule has 0 atom stereocenters. The molecule has 0 aliphatic carbocycles. The minimum atomic E-state index is -3.68. The Bertz CT molecular complexity index is 1010. The molecule has 0 radical (unpaired) electrons. The SMILES string of the molecule is COc1ccc(C(=O)N2CCN(Cc3ccccc3)CC2)cc1S(=O)(=O)N1CCCC1. The van der Waals surface area contributed by atoms with E-state index in [1.54, 1.807) is 17.0 Å². The quantitative estimate of drug-likeness (QED) is 0.686. The van der Waals surface area contributed by atoms with Crippen LogP contribution < -0.4 is 4.74 Å². The summed E-state index contributed by atoms with van der Waals surface area (Å²) in [6, 6.07) is 15.0. The first-order valence-corrected chi connectivity index (χ1v) is 12.2. The van der Waals surface area contributed by atoms with Crippen LogP contribution in [-0.2, 0) is 16.6 Å². The lowest BCUT2D eigenvalue weighted by Crippen LogP contribution is -2.48. The number of piperazine rings is 1. The number of amides is 1. The van der Waals surface area contributed by atoms with E-state index in [1.807, 2.05) is 18.2 Å². The second-order valence-corrected chi connectivity index (χ2v) is 9.94. The molecule has 0 aromatic heterocycles. The molecule has 2 fully saturated rings. The molecule has 0 N–H and O–H groups in total. The van der Waals surface area contributed by atoms with Crippen molar-refractivity contribution < 1.29 is 17.9 Å². The summed E-state index contributed by atoms with van der Waals surface area (Å²) >= 11 is 0. The highest BCUT2D eigenvalue weighted by Gasteiger charge is 2.31. The van der Waals surface area contributed by atoms with E-state index in [0.717, 1.165) is 32.5 Å². The molecule has 166 valence electrons. The normalized spacial score (nSPS) is 18.3. The summed E-state index contributed by atoms with van der Waals surface area (Å²) in [7, 11) is -2.23. The number of hydrogen-bond acceptors (Lipinski definition) is 5. The zero-order chi connectivity index (χ0) is 21.8. The first-order valence-electron chi connectivity index (χ1n) is 10.7. The van der Waals surface area contributed by atoms with E-state index in [0.29, 0.717) is 31.7 Å². The van der Waals surface area contributed by atoms with Gasteiger partial charge in [-0.05, 0) is 36.6 Å². The Morgan fingerprint density at radius 1 is 0.935 bits per heavy atom. The number of carbonyl (C=O) groups excluding carboxylic acids is 1. The van der Waals surface area contributed by atoms with E-state index in [1.165, 1.54) is 23.0 Å². The van der Waals surface area contributed by atoms with Gasteiger partial charge in [-0.25, -0.2) is 8.42 Å². The predicted molar refractivity (Wildman–Crippen MR) is 119 cm³/mol. The highest BCUT2D eigenvalue weighted by Crippen LogP contribution is 2.30. The van der Waals surface area contributed by atoms with E-state index >= 15 is 0 Å². The summed E-state index contributed by atoms with van der Waals surface area (Å²) in [5, 5.41) is 0. The van der Waals surface area contributed by atoms with Crippen molar-refractivity contribution in [3.63, 3.8) is 0 Å². The van der Waals surface area contributed by atoms with Crippen molar-refractivity contribution in [2.45, 2.75) is 24.3 Å². The van der Waals surface area contributed by atoms with Crippen LogP contribution in [0, 0.1) is 0 Å². The van der Waals surface area contributed by atoms with Crippen LogP contribution in [0.25, 0.3) is 0 Å². The molecule has 7 nitrogen and oxygen atoms in total. The van der Waals surface area contributed by atoms with Crippen LogP contribution in [0.15, 0.2) is 53.4 Å². The molecule has 0 unspecified atom stereocenters. The summed E-state index contributed by atoms with van der Waals surface area (Å²) in [6.07, 6.45) is 1.71. The smallest absolute Gasteiger partial charge is 0.253 e. The van der Waals surface area contributed by atoms with Gasteiger partial charge in [0, 0.05) is 51.4 Å². The van der Waals surface area contributed by atoms with E-state index in [2.05, 4.69) is 17.0 Å². The van der Waals surface area contributed by atoms with Crippen LogP contribution in [-0.4, -0.2) is 74.8 Å². The Morgan fingerprint density at radius 3 is 2.26 bits per heavy atom. The number of rotatable bonds is 6. The third-order valence-corrected chi connectivity index (χ3v) is 7.92. The minimum Gasteiger partial charge on any atom is -0.495 e. The van der Waals surface area contributed by atoms with Gasteiger partial charge in [-0.2, -0.15) is 4.31 Å². The zero-order valence-corrected chi connectivity index (χ0v) is 18.7. The third kappa shape index (κ3) is 4.76. The van der Waals surface area contributed by atoms with Gasteiger partial charge in [-0.15, -0.1) is 0 Å². The molecular weight excluding hydrogens is 414 g/mol. The molecule has 8 heteroatoms. The van der Waals surface area contributed by atoms with E-state index < -0.39 is 10.0 Å². The second-order valence-electron chi connectivity index (χ2n) is 8.03. The van der Waals surface area contributed by atoms with Crippen LogP contribution >= 0.6 is 0 Å². The van der Waals surface area contributed by atoms with E-state index in [9.17, 15) is 13.2 Å². The Kier molecular flexibility index (Phi) is 6.60. The Balaban J connectivity index is 1.46. The van der Waals surface area contributed by atoms with Gasteiger partial charge in [0.1, 0.15) is 10.6 Å². The number of nitrogens with zero attached hydrogens (tertiary/aromatic N) is 3. The highest BCUT2D eigenvalue weighted by molar-refractivity contribution is 7.89. The Hall–Kier alpha value is -2.42. The Morgan fingerprint density at radius 2 is 1.61 bits per heavy atom. The summed E-state index contributed by atoms with van der Waals surface area (Å²) < 4.78 is 33.0. The molecule has 2 heterocycles. The molecule has 31 heavy (non-hydrogen) atoms. The molecule has 2 saturated heterocycles. The molecule has 2 aromatic carbocycles. The maximum Gasteiger partial charge on any atom is 0.253 e. The fourth-order valence-corrected chi connectivity index (χ4v) is 5.91. The highest BCUT2D eigenvalue weighted by atomic mass is 32.2.